The van der Waals surface area contributed by atoms with Gasteiger partial charge in [-0.1, -0.05) is 30.3 Å². The molecule has 0 radical (unpaired) electrons. The number of nitrogens with zero attached hydrogens (tertiary/aromatic N) is 1. The molecule has 1 heterocycles. The summed E-state index contributed by atoms with van der Waals surface area (Å²) in [6.45, 7) is 0. The Morgan fingerprint density at radius 2 is 2.00 bits per heavy atom. The molecular weight excluding hydrogens is 260 g/mol. The first-order chi connectivity index (χ1) is 9.29. The molecule has 2 rings (SSSR count). The Balaban J connectivity index is 1.98. The number of nitrogens with one attached hydrogen (secondary N) is 1. The molecule has 0 saturated heterocycles. The van der Waals surface area contributed by atoms with Crippen molar-refractivity contribution in [1.82, 2.24) is 10.3 Å². The van der Waals surface area contributed by atoms with Crippen molar-refractivity contribution < 1.29 is 4.79 Å². The standard InChI is InChI=1S/C15H15ClN2O/c16-10-14(9-12-5-2-1-3-6-12)18-15(19)13-7-4-8-17-11-13/h1-8,11,14H,9-10H2,(H,18,19)/t14-/m0/s1. The quantitative estimate of drug-likeness (QED) is 0.852. The van der Waals surface area contributed by atoms with Crippen LogP contribution in [0.15, 0.2) is 54.9 Å². The molecule has 0 unspecified atom stereocenters. The maximum Gasteiger partial charge on any atom is 0.253 e. The topological polar surface area (TPSA) is 42.0 Å². The number of benzene rings is 1. The second-order valence-electron chi connectivity index (χ2n) is 4.26. The van der Waals surface area contributed by atoms with Crippen LogP contribution in [-0.4, -0.2) is 22.8 Å². The molecule has 4 heteroatoms. The molecular formula is C15H15ClN2O. The van der Waals surface area contributed by atoms with Crippen LogP contribution in [0.1, 0.15) is 15.9 Å². The summed E-state index contributed by atoms with van der Waals surface area (Å²) in [5.41, 5.74) is 1.70. The van der Waals surface area contributed by atoms with Gasteiger partial charge in [0.25, 0.3) is 5.91 Å². The van der Waals surface area contributed by atoms with Crippen molar-refractivity contribution in [1.29, 1.82) is 0 Å². The lowest BCUT2D eigenvalue weighted by Gasteiger charge is -2.16. The van der Waals surface area contributed by atoms with E-state index in [1.54, 1.807) is 24.5 Å². The summed E-state index contributed by atoms with van der Waals surface area (Å²) in [5.74, 6) is 0.232. The number of aromatic nitrogens is 1. The first kappa shape index (κ1) is 13.6. The van der Waals surface area contributed by atoms with E-state index in [-0.39, 0.29) is 11.9 Å². The SMILES string of the molecule is O=C(N[C@H](CCl)Cc1ccccc1)c1cccnc1. The van der Waals surface area contributed by atoms with E-state index in [1.807, 2.05) is 30.3 Å². The van der Waals surface area contributed by atoms with Gasteiger partial charge >= 0.3 is 0 Å². The third-order valence-electron chi connectivity index (χ3n) is 2.77. The lowest BCUT2D eigenvalue weighted by molar-refractivity contribution is 0.0940. The van der Waals surface area contributed by atoms with Gasteiger partial charge in [0.1, 0.15) is 0 Å². The molecule has 1 aromatic heterocycles. The fourth-order valence-corrected chi connectivity index (χ4v) is 1.99. The molecule has 1 atom stereocenters. The zero-order valence-corrected chi connectivity index (χ0v) is 11.2. The molecule has 0 aliphatic heterocycles. The Kier molecular flexibility index (Phi) is 4.93. The van der Waals surface area contributed by atoms with Gasteiger partial charge in [-0.05, 0) is 24.1 Å². The number of alkyl halides is 1. The van der Waals surface area contributed by atoms with Gasteiger partial charge < -0.3 is 5.32 Å². The summed E-state index contributed by atoms with van der Waals surface area (Å²) >= 11 is 5.92. The van der Waals surface area contributed by atoms with Gasteiger partial charge in [-0.15, -0.1) is 11.6 Å². The van der Waals surface area contributed by atoms with Crippen LogP contribution in [-0.2, 0) is 6.42 Å². The Bertz CT molecular complexity index is 516. The highest BCUT2D eigenvalue weighted by Crippen LogP contribution is 2.06. The third kappa shape index (κ3) is 4.07. The van der Waals surface area contributed by atoms with E-state index in [2.05, 4.69) is 10.3 Å². The van der Waals surface area contributed by atoms with Gasteiger partial charge in [-0.25, -0.2) is 0 Å². The minimum absolute atomic E-state index is 0.0863. The van der Waals surface area contributed by atoms with Crippen LogP contribution >= 0.6 is 11.6 Å². The smallest absolute Gasteiger partial charge is 0.253 e. The lowest BCUT2D eigenvalue weighted by Crippen LogP contribution is -2.37. The molecule has 0 saturated carbocycles. The van der Waals surface area contributed by atoms with E-state index >= 15 is 0 Å². The maximum absolute atomic E-state index is 12.0. The van der Waals surface area contributed by atoms with Gasteiger partial charge in [0, 0.05) is 24.3 Å². The van der Waals surface area contributed by atoms with E-state index in [0.717, 1.165) is 12.0 Å². The van der Waals surface area contributed by atoms with Crippen molar-refractivity contribution in [3.05, 3.63) is 66.0 Å². The van der Waals surface area contributed by atoms with E-state index < -0.39 is 0 Å². The van der Waals surface area contributed by atoms with Crippen LogP contribution < -0.4 is 5.32 Å². The normalized spacial score (nSPS) is 11.8. The average Bonchev–Trinajstić information content (AvgIpc) is 2.48. The number of amides is 1. The van der Waals surface area contributed by atoms with Gasteiger partial charge in [-0.2, -0.15) is 0 Å². The number of hydrogen-bond donors (Lipinski definition) is 1. The number of carbonyl (C=O) groups excluding carboxylic acids is 1. The van der Waals surface area contributed by atoms with Crippen LogP contribution in [0, 0.1) is 0 Å². The van der Waals surface area contributed by atoms with Crippen molar-refractivity contribution in [2.45, 2.75) is 12.5 Å². The Hall–Kier alpha value is -1.87. The first-order valence-electron chi connectivity index (χ1n) is 6.10. The van der Waals surface area contributed by atoms with Gasteiger partial charge in [0.2, 0.25) is 0 Å². The lowest BCUT2D eigenvalue weighted by atomic mass is 10.1. The van der Waals surface area contributed by atoms with Crippen LogP contribution in [0.4, 0.5) is 0 Å². The molecule has 1 amide bonds. The Labute approximate surface area is 117 Å². The second-order valence-corrected chi connectivity index (χ2v) is 4.56. The van der Waals surface area contributed by atoms with E-state index in [0.29, 0.717) is 11.4 Å². The number of carbonyl (C=O) groups is 1. The molecule has 3 nitrogen and oxygen atoms in total. The summed E-state index contributed by atoms with van der Waals surface area (Å²) in [6.07, 6.45) is 3.90. The molecule has 0 bridgehead atoms. The van der Waals surface area contributed by atoms with Crippen LogP contribution in [0.3, 0.4) is 0 Å². The molecule has 0 fully saturated rings. The summed E-state index contributed by atoms with van der Waals surface area (Å²) in [7, 11) is 0. The van der Waals surface area contributed by atoms with Crippen LogP contribution in [0.25, 0.3) is 0 Å². The highest BCUT2D eigenvalue weighted by Gasteiger charge is 2.13. The predicted molar refractivity (Wildman–Crippen MR) is 76.4 cm³/mol. The van der Waals surface area contributed by atoms with Crippen molar-refractivity contribution in [2.75, 3.05) is 5.88 Å². The van der Waals surface area contributed by atoms with Gasteiger partial charge in [0.15, 0.2) is 0 Å². The number of hydrogen-bond acceptors (Lipinski definition) is 2. The monoisotopic (exact) mass is 274 g/mol. The highest BCUT2D eigenvalue weighted by atomic mass is 35.5. The van der Waals surface area contributed by atoms with Crippen molar-refractivity contribution >= 4 is 17.5 Å². The molecule has 1 N–H and O–H groups in total. The summed E-state index contributed by atoms with van der Waals surface area (Å²) in [4.78, 5) is 15.9. The second kappa shape index (κ2) is 6.90. The first-order valence-corrected chi connectivity index (χ1v) is 6.64. The van der Waals surface area contributed by atoms with Gasteiger partial charge in [-0.3, -0.25) is 9.78 Å². The molecule has 1 aromatic carbocycles. The average molecular weight is 275 g/mol. The zero-order chi connectivity index (χ0) is 13.5. The predicted octanol–water partition coefficient (Wildman–Crippen LogP) is 2.66. The fourth-order valence-electron chi connectivity index (χ4n) is 1.81. The maximum atomic E-state index is 12.0. The third-order valence-corrected chi connectivity index (χ3v) is 3.14. The fraction of sp³-hybridized carbons (Fsp3) is 0.200. The highest BCUT2D eigenvalue weighted by molar-refractivity contribution is 6.18. The summed E-state index contributed by atoms with van der Waals surface area (Å²) in [6, 6.07) is 13.3. The van der Waals surface area contributed by atoms with Crippen LogP contribution in [0.5, 0.6) is 0 Å². The largest absolute Gasteiger partial charge is 0.348 e. The minimum atomic E-state index is -0.144. The van der Waals surface area contributed by atoms with E-state index in [9.17, 15) is 4.79 Å². The van der Waals surface area contributed by atoms with Crippen molar-refractivity contribution in [3.8, 4) is 0 Å². The summed E-state index contributed by atoms with van der Waals surface area (Å²) < 4.78 is 0. The van der Waals surface area contributed by atoms with E-state index in [1.165, 1.54) is 0 Å². The Morgan fingerprint density at radius 3 is 2.63 bits per heavy atom. The molecule has 0 spiro atoms. The Morgan fingerprint density at radius 1 is 1.21 bits per heavy atom. The van der Waals surface area contributed by atoms with Crippen molar-refractivity contribution in [2.24, 2.45) is 0 Å². The van der Waals surface area contributed by atoms with Crippen LogP contribution in [0.2, 0.25) is 0 Å². The molecule has 2 aromatic rings. The minimum Gasteiger partial charge on any atom is -0.348 e. The van der Waals surface area contributed by atoms with E-state index in [4.69, 9.17) is 11.6 Å². The molecule has 0 aliphatic carbocycles. The number of pyridine rings is 1. The number of rotatable bonds is 5. The molecule has 98 valence electrons. The van der Waals surface area contributed by atoms with Crippen molar-refractivity contribution in [3.63, 3.8) is 0 Å². The van der Waals surface area contributed by atoms with Gasteiger partial charge in [0.05, 0.1) is 5.56 Å². The number of halogens is 1. The zero-order valence-electron chi connectivity index (χ0n) is 10.4. The molecule has 19 heavy (non-hydrogen) atoms. The summed E-state index contributed by atoms with van der Waals surface area (Å²) in [5, 5.41) is 2.92. The molecule has 0 aliphatic rings.